The van der Waals surface area contributed by atoms with Crippen LogP contribution in [0.5, 0.6) is 0 Å². The van der Waals surface area contributed by atoms with Crippen molar-refractivity contribution in [1.29, 1.82) is 0 Å². The third kappa shape index (κ3) is 6.90. The van der Waals surface area contributed by atoms with Gasteiger partial charge in [0, 0.05) is 17.3 Å². The van der Waals surface area contributed by atoms with E-state index in [1.54, 1.807) is 30.5 Å². The first-order valence-electron chi connectivity index (χ1n) is 11.1. The van der Waals surface area contributed by atoms with Crippen LogP contribution in [0.3, 0.4) is 0 Å². The molecule has 0 aliphatic rings. The number of rotatable bonds is 6. The summed E-state index contributed by atoms with van der Waals surface area (Å²) < 4.78 is 66.4. The molecule has 198 valence electrons. The molecule has 0 fully saturated rings. The topological polar surface area (TPSA) is 97.4 Å². The number of nitrogens with two attached hydrogens (primary N) is 1. The average molecular weight is 561 g/mol. The maximum Gasteiger partial charge on any atom is 0.416 e. The fraction of sp³-hybridized carbons (Fsp3) is 0.111. The Labute approximate surface area is 224 Å². The Balaban J connectivity index is 0.00000400. The van der Waals surface area contributed by atoms with E-state index < -0.39 is 21.8 Å². The van der Waals surface area contributed by atoms with E-state index in [1.165, 1.54) is 24.3 Å². The van der Waals surface area contributed by atoms with Crippen molar-refractivity contribution in [2.45, 2.75) is 24.5 Å². The molecular weight excluding hydrogens is 537 g/mol. The number of hydrogen-bond acceptors (Lipinski definition) is 4. The van der Waals surface area contributed by atoms with Gasteiger partial charge in [0.1, 0.15) is 0 Å². The Hall–Kier alpha value is -3.89. The molecule has 4 aromatic rings. The number of nitrogens with one attached hydrogen (secondary N) is 1. The molecule has 1 heterocycles. The first-order chi connectivity index (χ1) is 17.5. The number of nitrogens with zero attached hydrogens (tertiary/aromatic N) is 2. The van der Waals surface area contributed by atoms with Gasteiger partial charge in [0.2, 0.25) is 5.96 Å². The lowest BCUT2D eigenvalue weighted by molar-refractivity contribution is -0.137. The van der Waals surface area contributed by atoms with Gasteiger partial charge < -0.3 is 5.73 Å². The first kappa shape index (κ1) is 28.7. The van der Waals surface area contributed by atoms with Gasteiger partial charge in [0.15, 0.2) is 0 Å². The number of sulfonamides is 1. The third-order valence-electron chi connectivity index (χ3n) is 5.52. The molecule has 4 rings (SSSR count). The molecular formula is C27H24ClF3N4O2S. The van der Waals surface area contributed by atoms with Crippen molar-refractivity contribution in [2.24, 2.45) is 10.7 Å². The van der Waals surface area contributed by atoms with Crippen LogP contribution in [-0.4, -0.2) is 19.4 Å². The SMILES string of the molecule is Cc1ccc(-c2ncc(CN=C(N)NS(=O)(=O)c3ccccc3)cc2-c2ccc(C(F)(F)F)cc2)cc1.Cl. The summed E-state index contributed by atoms with van der Waals surface area (Å²) in [6.45, 7) is 1.95. The van der Waals surface area contributed by atoms with Gasteiger partial charge in [-0.05, 0) is 48.4 Å². The predicted molar refractivity (Wildman–Crippen MR) is 144 cm³/mol. The molecule has 3 aromatic carbocycles. The number of guanidine groups is 1. The highest BCUT2D eigenvalue weighted by molar-refractivity contribution is 7.90. The summed E-state index contributed by atoms with van der Waals surface area (Å²) >= 11 is 0. The highest BCUT2D eigenvalue weighted by Crippen LogP contribution is 2.34. The Bertz CT molecular complexity index is 1530. The van der Waals surface area contributed by atoms with Gasteiger partial charge in [-0.25, -0.2) is 18.1 Å². The van der Waals surface area contributed by atoms with Crippen LogP contribution in [0.2, 0.25) is 0 Å². The number of aromatic nitrogens is 1. The zero-order valence-corrected chi connectivity index (χ0v) is 21.7. The van der Waals surface area contributed by atoms with E-state index in [2.05, 4.69) is 14.7 Å². The summed E-state index contributed by atoms with van der Waals surface area (Å²) in [6.07, 6.45) is -2.87. The molecule has 0 amide bonds. The van der Waals surface area contributed by atoms with Crippen molar-refractivity contribution < 1.29 is 21.6 Å². The van der Waals surface area contributed by atoms with Gasteiger partial charge in [0.25, 0.3) is 10.0 Å². The van der Waals surface area contributed by atoms with Crippen LogP contribution < -0.4 is 10.5 Å². The maximum absolute atomic E-state index is 13.1. The van der Waals surface area contributed by atoms with E-state index in [0.29, 0.717) is 22.4 Å². The molecule has 6 nitrogen and oxygen atoms in total. The van der Waals surface area contributed by atoms with Gasteiger partial charge in [-0.1, -0.05) is 60.2 Å². The second-order valence-electron chi connectivity index (χ2n) is 8.30. The number of halogens is 4. The Morgan fingerprint density at radius 2 is 1.55 bits per heavy atom. The zero-order valence-electron chi connectivity index (χ0n) is 20.1. The molecule has 0 bridgehead atoms. The van der Waals surface area contributed by atoms with E-state index in [0.717, 1.165) is 23.3 Å². The summed E-state index contributed by atoms with van der Waals surface area (Å²) in [6, 6.07) is 21.9. The Morgan fingerprint density at radius 3 is 2.16 bits per heavy atom. The molecule has 0 aliphatic carbocycles. The molecule has 0 spiro atoms. The summed E-state index contributed by atoms with van der Waals surface area (Å²) in [5, 5.41) is 0. The molecule has 0 saturated heterocycles. The number of pyridine rings is 1. The van der Waals surface area contributed by atoms with Crippen LogP contribution >= 0.6 is 12.4 Å². The number of hydrogen-bond donors (Lipinski definition) is 2. The monoisotopic (exact) mass is 560 g/mol. The van der Waals surface area contributed by atoms with Crippen LogP contribution in [0.15, 0.2) is 101 Å². The second kappa shape index (κ2) is 11.7. The quantitative estimate of drug-likeness (QED) is 0.225. The van der Waals surface area contributed by atoms with Crippen molar-refractivity contribution in [3.63, 3.8) is 0 Å². The molecule has 0 atom stereocenters. The second-order valence-corrected chi connectivity index (χ2v) is 9.98. The largest absolute Gasteiger partial charge is 0.416 e. The normalized spacial score (nSPS) is 12.1. The van der Waals surface area contributed by atoms with E-state index >= 15 is 0 Å². The van der Waals surface area contributed by atoms with Crippen LogP contribution in [0.4, 0.5) is 13.2 Å². The number of aryl methyl sites for hydroxylation is 1. The fourth-order valence-electron chi connectivity index (χ4n) is 3.60. The lowest BCUT2D eigenvalue weighted by atomic mass is 9.96. The van der Waals surface area contributed by atoms with Crippen molar-refractivity contribution >= 4 is 28.4 Å². The average Bonchev–Trinajstić information content (AvgIpc) is 2.88. The van der Waals surface area contributed by atoms with E-state index in [4.69, 9.17) is 5.73 Å². The molecule has 0 radical (unpaired) electrons. The van der Waals surface area contributed by atoms with E-state index in [1.807, 2.05) is 31.2 Å². The van der Waals surface area contributed by atoms with Crippen LogP contribution in [0.25, 0.3) is 22.4 Å². The number of aliphatic imine (C=N–C) groups is 1. The standard InChI is InChI=1S/C27H23F3N4O2S.ClH/c1-18-7-9-21(10-8-18)25-24(20-11-13-22(14-12-20)27(28,29)30)15-19(16-32-25)17-33-26(31)34-37(35,36)23-5-3-2-4-6-23;/h2-16H,17H2,1H3,(H3,31,33,34);1H. The highest BCUT2D eigenvalue weighted by atomic mass is 35.5. The molecule has 3 N–H and O–H groups in total. The molecule has 0 aliphatic heterocycles. The predicted octanol–water partition coefficient (Wildman–Crippen LogP) is 5.96. The van der Waals surface area contributed by atoms with E-state index in [-0.39, 0.29) is 29.8 Å². The van der Waals surface area contributed by atoms with Gasteiger partial charge in [-0.15, -0.1) is 12.4 Å². The summed E-state index contributed by atoms with van der Waals surface area (Å²) in [4.78, 5) is 8.71. The minimum absolute atomic E-state index is 0. The Kier molecular flexibility index (Phi) is 8.80. The van der Waals surface area contributed by atoms with Gasteiger partial charge in [-0.2, -0.15) is 13.2 Å². The molecule has 11 heteroatoms. The van der Waals surface area contributed by atoms with Crippen molar-refractivity contribution in [2.75, 3.05) is 0 Å². The lowest BCUT2D eigenvalue weighted by Crippen LogP contribution is -2.36. The molecule has 0 saturated carbocycles. The Morgan fingerprint density at radius 1 is 0.947 bits per heavy atom. The maximum atomic E-state index is 13.1. The lowest BCUT2D eigenvalue weighted by Gasteiger charge is -2.13. The smallest absolute Gasteiger partial charge is 0.369 e. The molecule has 38 heavy (non-hydrogen) atoms. The minimum atomic E-state index is -4.45. The van der Waals surface area contributed by atoms with Gasteiger partial charge >= 0.3 is 6.18 Å². The van der Waals surface area contributed by atoms with Crippen LogP contribution in [-0.2, 0) is 22.7 Å². The molecule has 1 aromatic heterocycles. The van der Waals surface area contributed by atoms with Gasteiger partial charge in [-0.3, -0.25) is 4.98 Å². The van der Waals surface area contributed by atoms with Crippen LogP contribution in [0.1, 0.15) is 16.7 Å². The summed E-state index contributed by atoms with van der Waals surface area (Å²) in [5.41, 5.74) is 9.25. The summed E-state index contributed by atoms with van der Waals surface area (Å²) in [7, 11) is -3.89. The number of benzene rings is 3. The van der Waals surface area contributed by atoms with Crippen molar-refractivity contribution in [1.82, 2.24) is 9.71 Å². The van der Waals surface area contributed by atoms with E-state index in [9.17, 15) is 21.6 Å². The first-order valence-corrected chi connectivity index (χ1v) is 12.6. The van der Waals surface area contributed by atoms with Crippen molar-refractivity contribution in [3.05, 3.63) is 108 Å². The third-order valence-corrected chi connectivity index (χ3v) is 6.89. The van der Waals surface area contributed by atoms with Gasteiger partial charge in [0.05, 0.1) is 22.7 Å². The minimum Gasteiger partial charge on any atom is -0.369 e. The van der Waals surface area contributed by atoms with Crippen molar-refractivity contribution in [3.8, 4) is 22.4 Å². The van der Waals surface area contributed by atoms with Crippen LogP contribution in [0, 0.1) is 6.92 Å². The number of alkyl halides is 3. The molecule has 0 unspecified atom stereocenters. The highest BCUT2D eigenvalue weighted by Gasteiger charge is 2.30. The fourth-order valence-corrected chi connectivity index (χ4v) is 4.57. The zero-order chi connectivity index (χ0) is 26.6. The summed E-state index contributed by atoms with van der Waals surface area (Å²) in [5.74, 6) is -0.303.